The fraction of sp³-hybridized carbons (Fsp3) is 0.367. The summed E-state index contributed by atoms with van der Waals surface area (Å²) >= 11 is 0. The van der Waals surface area contributed by atoms with Crippen LogP contribution in [0.2, 0.25) is 0 Å². The molecule has 1 fully saturated rings. The van der Waals surface area contributed by atoms with Gasteiger partial charge in [0.1, 0.15) is 11.3 Å². The van der Waals surface area contributed by atoms with Crippen LogP contribution in [0.5, 0.6) is 5.75 Å². The van der Waals surface area contributed by atoms with Crippen LogP contribution in [0, 0.1) is 0 Å². The smallest absolute Gasteiger partial charge is 0.339 e. The van der Waals surface area contributed by atoms with E-state index in [1.165, 1.54) is 6.42 Å². The van der Waals surface area contributed by atoms with Gasteiger partial charge >= 0.3 is 5.97 Å². The molecule has 0 bridgehead atoms. The monoisotopic (exact) mass is 489 g/mol. The van der Waals surface area contributed by atoms with Crippen molar-refractivity contribution in [1.82, 2.24) is 5.32 Å². The zero-order valence-corrected chi connectivity index (χ0v) is 20.5. The number of ether oxygens (including phenoxy) is 1. The number of rotatable bonds is 11. The molecule has 4 N–H and O–H groups in total. The highest BCUT2D eigenvalue weighted by Gasteiger charge is 2.20. The van der Waals surface area contributed by atoms with Crippen LogP contribution in [-0.4, -0.2) is 46.6 Å². The standard InChI is InChI=1S/C30H35NO5/c32-20-25(31-19-28(33)23-7-3-1-4-8-23)17-21-11-13-22(14-12-21)24-15-16-27(30(34)35)29(18-24)36-26-9-5-2-6-10-26/h1,3-4,7-8,11-16,18,25-26,28,31-33H,2,5-6,9-10,17,19-20H2,(H,34,35)/t25-,28-/m0/s1. The number of carboxylic acids is 1. The first-order chi connectivity index (χ1) is 17.5. The van der Waals surface area contributed by atoms with Crippen molar-refractivity contribution in [3.63, 3.8) is 0 Å². The van der Waals surface area contributed by atoms with Gasteiger partial charge < -0.3 is 25.4 Å². The number of aliphatic hydroxyl groups is 2. The van der Waals surface area contributed by atoms with Gasteiger partial charge in [0.2, 0.25) is 0 Å². The summed E-state index contributed by atoms with van der Waals surface area (Å²) in [6.45, 7) is 0.314. The van der Waals surface area contributed by atoms with Gasteiger partial charge in [-0.25, -0.2) is 4.79 Å². The topological polar surface area (TPSA) is 99.0 Å². The number of carboxylic acid groups (broad SMARTS) is 1. The van der Waals surface area contributed by atoms with Gasteiger partial charge in [-0.2, -0.15) is 0 Å². The van der Waals surface area contributed by atoms with Crippen LogP contribution in [-0.2, 0) is 6.42 Å². The van der Waals surface area contributed by atoms with Gasteiger partial charge in [0.05, 0.1) is 18.8 Å². The first-order valence-corrected chi connectivity index (χ1v) is 12.7. The molecule has 6 heteroatoms. The van der Waals surface area contributed by atoms with Crippen molar-refractivity contribution < 1.29 is 24.9 Å². The van der Waals surface area contributed by atoms with Crippen LogP contribution >= 0.6 is 0 Å². The molecule has 0 radical (unpaired) electrons. The third kappa shape index (κ3) is 6.94. The van der Waals surface area contributed by atoms with Crippen LogP contribution in [0.3, 0.4) is 0 Å². The summed E-state index contributed by atoms with van der Waals surface area (Å²) < 4.78 is 6.14. The Bertz CT molecular complexity index is 1110. The summed E-state index contributed by atoms with van der Waals surface area (Å²) in [7, 11) is 0. The van der Waals surface area contributed by atoms with E-state index >= 15 is 0 Å². The number of aliphatic hydroxyl groups excluding tert-OH is 2. The molecule has 0 aromatic heterocycles. The number of hydrogen-bond acceptors (Lipinski definition) is 5. The van der Waals surface area contributed by atoms with E-state index in [1.807, 2.05) is 66.7 Å². The predicted molar refractivity (Wildman–Crippen MR) is 140 cm³/mol. The second kappa shape index (κ2) is 12.7. The Kier molecular flexibility index (Phi) is 9.11. The SMILES string of the molecule is O=C(O)c1ccc(-c2ccc(C[C@@H](CO)NC[C@H](O)c3ccccc3)cc2)cc1OC1CCCCC1. The zero-order chi connectivity index (χ0) is 25.3. The lowest BCUT2D eigenvalue weighted by atomic mass is 9.97. The number of aromatic carboxylic acids is 1. The van der Waals surface area contributed by atoms with E-state index in [0.717, 1.165) is 47.9 Å². The molecule has 3 aromatic carbocycles. The molecular formula is C30H35NO5. The normalized spacial score (nSPS) is 15.8. The summed E-state index contributed by atoms with van der Waals surface area (Å²) in [4.78, 5) is 11.7. The van der Waals surface area contributed by atoms with E-state index in [1.54, 1.807) is 6.07 Å². The fourth-order valence-corrected chi connectivity index (χ4v) is 4.73. The molecule has 6 nitrogen and oxygen atoms in total. The minimum absolute atomic E-state index is 0.0399. The van der Waals surface area contributed by atoms with Crippen molar-refractivity contribution in [2.45, 2.75) is 56.8 Å². The molecule has 0 heterocycles. The van der Waals surface area contributed by atoms with Gasteiger partial charge in [0.15, 0.2) is 0 Å². The molecule has 36 heavy (non-hydrogen) atoms. The lowest BCUT2D eigenvalue weighted by molar-refractivity contribution is 0.0686. The Morgan fingerprint density at radius 1 is 0.944 bits per heavy atom. The molecule has 1 aliphatic carbocycles. The summed E-state index contributed by atoms with van der Waals surface area (Å²) in [5.74, 6) is -0.555. The lowest BCUT2D eigenvalue weighted by Crippen LogP contribution is -2.37. The Hall–Kier alpha value is -3.19. The molecule has 0 unspecified atom stereocenters. The first kappa shape index (κ1) is 25.9. The van der Waals surface area contributed by atoms with E-state index in [4.69, 9.17) is 4.74 Å². The summed E-state index contributed by atoms with van der Waals surface area (Å²) in [5.41, 5.74) is 3.96. The number of carbonyl (C=O) groups is 1. The average Bonchev–Trinajstić information content (AvgIpc) is 2.92. The van der Waals surface area contributed by atoms with Gasteiger partial charge in [-0.3, -0.25) is 0 Å². The number of hydrogen-bond donors (Lipinski definition) is 4. The third-order valence-corrected chi connectivity index (χ3v) is 6.83. The third-order valence-electron chi connectivity index (χ3n) is 6.83. The highest BCUT2D eigenvalue weighted by Crippen LogP contribution is 2.31. The molecule has 3 aromatic rings. The summed E-state index contributed by atoms with van der Waals surface area (Å²) in [5, 5.41) is 33.1. The largest absolute Gasteiger partial charge is 0.490 e. The maximum absolute atomic E-state index is 11.7. The molecule has 2 atom stereocenters. The Morgan fingerprint density at radius 3 is 2.31 bits per heavy atom. The van der Waals surface area contributed by atoms with Gasteiger partial charge in [0.25, 0.3) is 0 Å². The minimum atomic E-state index is -0.984. The number of benzene rings is 3. The minimum Gasteiger partial charge on any atom is -0.490 e. The van der Waals surface area contributed by atoms with E-state index in [-0.39, 0.29) is 24.3 Å². The van der Waals surface area contributed by atoms with Gasteiger partial charge in [-0.05, 0) is 66.5 Å². The van der Waals surface area contributed by atoms with E-state index in [9.17, 15) is 20.1 Å². The van der Waals surface area contributed by atoms with Crippen LogP contribution < -0.4 is 10.1 Å². The number of nitrogens with one attached hydrogen (secondary N) is 1. The molecular weight excluding hydrogens is 454 g/mol. The molecule has 4 rings (SSSR count). The first-order valence-electron chi connectivity index (χ1n) is 12.7. The second-order valence-corrected chi connectivity index (χ2v) is 9.51. The van der Waals surface area contributed by atoms with Gasteiger partial charge in [-0.15, -0.1) is 0 Å². The van der Waals surface area contributed by atoms with E-state index < -0.39 is 12.1 Å². The predicted octanol–water partition coefficient (Wildman–Crippen LogP) is 4.99. The van der Waals surface area contributed by atoms with Crippen molar-refractivity contribution in [3.8, 4) is 16.9 Å². The summed E-state index contributed by atoms with van der Waals surface area (Å²) in [6.07, 6.45) is 5.40. The second-order valence-electron chi connectivity index (χ2n) is 9.51. The molecule has 0 spiro atoms. The molecule has 0 aliphatic heterocycles. The highest BCUT2D eigenvalue weighted by molar-refractivity contribution is 5.92. The van der Waals surface area contributed by atoms with Gasteiger partial charge in [-0.1, -0.05) is 67.1 Å². The molecule has 0 saturated heterocycles. The fourth-order valence-electron chi connectivity index (χ4n) is 4.73. The zero-order valence-electron chi connectivity index (χ0n) is 20.5. The summed E-state index contributed by atoms with van der Waals surface area (Å²) in [6, 6.07) is 22.6. The highest BCUT2D eigenvalue weighted by atomic mass is 16.5. The van der Waals surface area contributed by atoms with E-state index in [0.29, 0.717) is 18.7 Å². The Balaban J connectivity index is 1.40. The van der Waals surface area contributed by atoms with Crippen LogP contribution in [0.1, 0.15) is 59.7 Å². The average molecular weight is 490 g/mol. The quantitative estimate of drug-likeness (QED) is 0.303. The van der Waals surface area contributed by atoms with Crippen LogP contribution in [0.25, 0.3) is 11.1 Å². The maximum atomic E-state index is 11.7. The van der Waals surface area contributed by atoms with Crippen molar-refractivity contribution in [2.75, 3.05) is 13.2 Å². The Morgan fingerprint density at radius 2 is 1.64 bits per heavy atom. The molecule has 1 aliphatic rings. The van der Waals surface area contributed by atoms with Gasteiger partial charge in [0, 0.05) is 12.6 Å². The Labute approximate surface area is 212 Å². The molecule has 1 saturated carbocycles. The maximum Gasteiger partial charge on any atom is 0.339 e. The van der Waals surface area contributed by atoms with E-state index in [2.05, 4.69) is 5.32 Å². The molecule has 190 valence electrons. The van der Waals surface area contributed by atoms with Crippen LogP contribution in [0.4, 0.5) is 0 Å². The molecule has 0 amide bonds. The van der Waals surface area contributed by atoms with Crippen molar-refractivity contribution in [2.24, 2.45) is 0 Å². The van der Waals surface area contributed by atoms with Crippen LogP contribution in [0.15, 0.2) is 72.8 Å². The van der Waals surface area contributed by atoms with Crippen molar-refractivity contribution in [1.29, 1.82) is 0 Å². The van der Waals surface area contributed by atoms with Crippen molar-refractivity contribution >= 4 is 5.97 Å². The lowest BCUT2D eigenvalue weighted by Gasteiger charge is -2.24. The van der Waals surface area contributed by atoms with Crippen molar-refractivity contribution in [3.05, 3.63) is 89.5 Å².